The van der Waals surface area contributed by atoms with Gasteiger partial charge in [-0.25, -0.2) is 0 Å². The Morgan fingerprint density at radius 3 is 2.65 bits per heavy atom. The van der Waals surface area contributed by atoms with Gasteiger partial charge >= 0.3 is 0 Å². The SMILES string of the molecule is OC(CCCl)C(O)c1ccc(N=C=S)c(Cl)c1. The number of alkyl halides is 1. The Morgan fingerprint density at radius 1 is 1.41 bits per heavy atom. The van der Waals surface area contributed by atoms with Crippen LogP contribution in [0.1, 0.15) is 18.1 Å². The molecule has 0 amide bonds. The number of halogens is 2. The Balaban J connectivity index is 2.92. The van der Waals surface area contributed by atoms with Gasteiger partial charge in [-0.1, -0.05) is 17.7 Å². The number of hydrogen-bond acceptors (Lipinski definition) is 4. The van der Waals surface area contributed by atoms with Crippen LogP contribution in [0.5, 0.6) is 0 Å². The minimum Gasteiger partial charge on any atom is -0.390 e. The summed E-state index contributed by atoms with van der Waals surface area (Å²) in [5.74, 6) is 0.277. The van der Waals surface area contributed by atoms with Gasteiger partial charge in [0.05, 0.1) is 22.0 Å². The van der Waals surface area contributed by atoms with Gasteiger partial charge in [0.1, 0.15) is 6.10 Å². The Labute approximate surface area is 115 Å². The molecule has 0 aromatic heterocycles. The van der Waals surface area contributed by atoms with Crippen molar-refractivity contribution in [1.29, 1.82) is 0 Å². The fraction of sp³-hybridized carbons (Fsp3) is 0.364. The van der Waals surface area contributed by atoms with Crippen LogP contribution in [0.4, 0.5) is 5.69 Å². The van der Waals surface area contributed by atoms with Crippen LogP contribution >= 0.6 is 35.4 Å². The van der Waals surface area contributed by atoms with Crippen LogP contribution in [0.15, 0.2) is 23.2 Å². The zero-order valence-corrected chi connectivity index (χ0v) is 11.1. The molecule has 0 radical (unpaired) electrons. The van der Waals surface area contributed by atoms with Gasteiger partial charge < -0.3 is 10.2 Å². The van der Waals surface area contributed by atoms with Gasteiger partial charge in [-0.2, -0.15) is 4.99 Å². The third-order valence-corrected chi connectivity index (χ3v) is 2.86. The van der Waals surface area contributed by atoms with E-state index in [1.807, 2.05) is 0 Å². The third kappa shape index (κ3) is 4.03. The molecule has 0 aliphatic heterocycles. The molecular formula is C11H11Cl2NO2S. The van der Waals surface area contributed by atoms with Gasteiger partial charge in [-0.05, 0) is 36.3 Å². The summed E-state index contributed by atoms with van der Waals surface area (Å²) < 4.78 is 0. The highest BCUT2D eigenvalue weighted by atomic mass is 35.5. The largest absolute Gasteiger partial charge is 0.390 e. The summed E-state index contributed by atoms with van der Waals surface area (Å²) in [6.45, 7) is 0. The summed E-state index contributed by atoms with van der Waals surface area (Å²) in [6.07, 6.45) is -1.62. The highest BCUT2D eigenvalue weighted by molar-refractivity contribution is 7.78. The maximum atomic E-state index is 9.83. The van der Waals surface area contributed by atoms with E-state index in [4.69, 9.17) is 23.2 Å². The zero-order valence-electron chi connectivity index (χ0n) is 8.81. The van der Waals surface area contributed by atoms with E-state index in [1.165, 1.54) is 6.07 Å². The topological polar surface area (TPSA) is 52.8 Å². The Morgan fingerprint density at radius 2 is 2.12 bits per heavy atom. The van der Waals surface area contributed by atoms with Crippen molar-refractivity contribution < 1.29 is 10.2 Å². The Hall–Kier alpha value is -0.480. The molecule has 0 saturated carbocycles. The molecule has 1 aromatic carbocycles. The monoisotopic (exact) mass is 291 g/mol. The van der Waals surface area contributed by atoms with Crippen molar-refractivity contribution in [3.63, 3.8) is 0 Å². The second-order valence-electron chi connectivity index (χ2n) is 3.40. The van der Waals surface area contributed by atoms with E-state index in [1.54, 1.807) is 12.1 Å². The summed E-state index contributed by atoms with van der Waals surface area (Å²) in [7, 11) is 0. The molecule has 0 aliphatic carbocycles. The van der Waals surface area contributed by atoms with Crippen LogP contribution in [0.2, 0.25) is 5.02 Å². The van der Waals surface area contributed by atoms with Crippen molar-refractivity contribution in [3.05, 3.63) is 28.8 Å². The highest BCUT2D eigenvalue weighted by Crippen LogP contribution is 2.29. The molecule has 2 N–H and O–H groups in total. The predicted molar refractivity (Wildman–Crippen MR) is 72.4 cm³/mol. The summed E-state index contributed by atoms with van der Waals surface area (Å²) in [5.41, 5.74) is 0.986. The minimum atomic E-state index is -1.02. The first-order chi connectivity index (χ1) is 8.10. The number of nitrogens with zero attached hydrogens (tertiary/aromatic N) is 1. The number of aliphatic imine (C=N–C) groups is 1. The molecule has 2 unspecified atom stereocenters. The number of rotatable bonds is 5. The van der Waals surface area contributed by atoms with Gasteiger partial charge in [0.2, 0.25) is 0 Å². The van der Waals surface area contributed by atoms with Crippen LogP contribution in [0.3, 0.4) is 0 Å². The Bertz CT molecular complexity index is 435. The molecule has 0 spiro atoms. The van der Waals surface area contributed by atoms with E-state index in [0.29, 0.717) is 22.7 Å². The van der Waals surface area contributed by atoms with Crippen LogP contribution in [-0.2, 0) is 0 Å². The molecular weight excluding hydrogens is 281 g/mol. The molecule has 2 atom stereocenters. The molecule has 0 fully saturated rings. The zero-order chi connectivity index (χ0) is 12.8. The average molecular weight is 292 g/mol. The number of benzene rings is 1. The highest BCUT2D eigenvalue weighted by Gasteiger charge is 2.18. The smallest absolute Gasteiger partial charge is 0.105 e. The average Bonchev–Trinajstić information content (AvgIpc) is 2.31. The normalized spacial score (nSPS) is 13.9. The number of aliphatic hydroxyl groups is 2. The van der Waals surface area contributed by atoms with Gasteiger partial charge in [0.15, 0.2) is 0 Å². The molecule has 3 nitrogen and oxygen atoms in total. The minimum absolute atomic E-state index is 0.277. The number of isothiocyanates is 1. The number of thiocarbonyl (C=S) groups is 1. The van der Waals surface area contributed by atoms with Crippen molar-refractivity contribution in [2.75, 3.05) is 5.88 Å². The summed E-state index contributed by atoms with van der Waals surface area (Å²) >= 11 is 15.9. The lowest BCUT2D eigenvalue weighted by molar-refractivity contribution is 0.0170. The maximum absolute atomic E-state index is 9.83. The molecule has 1 aromatic rings. The van der Waals surface area contributed by atoms with Gasteiger partial charge in [0, 0.05) is 5.88 Å². The standard InChI is InChI=1S/C11H11Cl2NO2S/c12-4-3-10(15)11(16)7-1-2-9(14-6-17)8(13)5-7/h1-2,5,10-11,15-16H,3-4H2. The van der Waals surface area contributed by atoms with E-state index < -0.39 is 12.2 Å². The second-order valence-corrected chi connectivity index (χ2v) is 4.37. The van der Waals surface area contributed by atoms with Crippen LogP contribution in [0, 0.1) is 0 Å². The van der Waals surface area contributed by atoms with Crippen molar-refractivity contribution in [3.8, 4) is 0 Å². The fourth-order valence-corrected chi connectivity index (χ4v) is 1.89. The molecule has 0 saturated heterocycles. The summed E-state index contributed by atoms with van der Waals surface area (Å²) in [6, 6.07) is 4.77. The van der Waals surface area contributed by atoms with Gasteiger partial charge in [0.25, 0.3) is 0 Å². The van der Waals surface area contributed by atoms with Crippen LogP contribution in [0.25, 0.3) is 0 Å². The van der Waals surface area contributed by atoms with E-state index >= 15 is 0 Å². The van der Waals surface area contributed by atoms with Crippen LogP contribution in [-0.4, -0.2) is 27.4 Å². The third-order valence-electron chi connectivity index (χ3n) is 2.25. The van der Waals surface area contributed by atoms with E-state index in [0.717, 1.165) is 0 Å². The maximum Gasteiger partial charge on any atom is 0.105 e. The second kappa shape index (κ2) is 7.07. The molecule has 0 aliphatic rings. The van der Waals surface area contributed by atoms with Gasteiger partial charge in [-0.3, -0.25) is 0 Å². The lowest BCUT2D eigenvalue weighted by Gasteiger charge is -2.17. The first kappa shape index (κ1) is 14.6. The first-order valence-electron chi connectivity index (χ1n) is 4.89. The molecule has 92 valence electrons. The van der Waals surface area contributed by atoms with Crippen molar-refractivity contribution in [1.82, 2.24) is 0 Å². The number of aliphatic hydroxyl groups excluding tert-OH is 2. The van der Waals surface area contributed by atoms with Crippen molar-refractivity contribution in [2.24, 2.45) is 4.99 Å². The molecule has 0 bridgehead atoms. The fourth-order valence-electron chi connectivity index (χ4n) is 1.34. The van der Waals surface area contributed by atoms with E-state index in [2.05, 4.69) is 22.4 Å². The molecule has 0 heterocycles. The van der Waals surface area contributed by atoms with E-state index in [9.17, 15) is 10.2 Å². The quantitative estimate of drug-likeness (QED) is 0.498. The summed E-state index contributed by atoms with van der Waals surface area (Å²) in [4.78, 5) is 3.76. The van der Waals surface area contributed by atoms with Crippen LogP contribution < -0.4 is 0 Å². The van der Waals surface area contributed by atoms with Gasteiger partial charge in [-0.15, -0.1) is 11.6 Å². The predicted octanol–water partition coefficient (Wildman–Crippen LogP) is 3.10. The lowest BCUT2D eigenvalue weighted by Crippen LogP contribution is -2.18. The van der Waals surface area contributed by atoms with Crippen molar-refractivity contribution >= 4 is 46.3 Å². The van der Waals surface area contributed by atoms with E-state index in [-0.39, 0.29) is 5.88 Å². The first-order valence-corrected chi connectivity index (χ1v) is 6.21. The van der Waals surface area contributed by atoms with Crippen molar-refractivity contribution in [2.45, 2.75) is 18.6 Å². The molecule has 17 heavy (non-hydrogen) atoms. The molecule has 6 heteroatoms. The molecule has 1 rings (SSSR count). The Kier molecular flexibility index (Phi) is 6.06. The lowest BCUT2D eigenvalue weighted by atomic mass is 10.0. The summed E-state index contributed by atoms with van der Waals surface area (Å²) in [5, 5.41) is 22.0. The number of hydrogen-bond donors (Lipinski definition) is 2.